The number of hydrogen-bond donors (Lipinski definition) is 2. The van der Waals surface area contributed by atoms with Crippen molar-refractivity contribution in [3.8, 4) is 0 Å². The molecule has 1 fully saturated rings. The Bertz CT molecular complexity index is 383. The minimum atomic E-state index is -3.46. The Morgan fingerprint density at radius 2 is 2.11 bits per heavy atom. The Hall–Kier alpha value is -0.170. The number of nitrogens with two attached hydrogens (primary N) is 1. The van der Waals surface area contributed by atoms with Crippen LogP contribution in [0.5, 0.6) is 0 Å². The molecule has 19 heavy (non-hydrogen) atoms. The normalized spacial score (nSPS) is 29.1. The summed E-state index contributed by atoms with van der Waals surface area (Å²) in [7, 11) is -3.46. The molecule has 2 atom stereocenters. The molecule has 1 rings (SSSR count). The summed E-state index contributed by atoms with van der Waals surface area (Å²) in [6.07, 6.45) is 3.93. The third-order valence-corrected chi connectivity index (χ3v) is 5.93. The number of nitrogens with one attached hydrogen (secondary N) is 1. The molecule has 0 amide bonds. The Balaban J connectivity index is 3.04. The molecule has 114 valence electrons. The lowest BCUT2D eigenvalue weighted by atomic mass is 9.76. The molecule has 5 nitrogen and oxygen atoms in total. The van der Waals surface area contributed by atoms with Crippen LogP contribution >= 0.6 is 0 Å². The summed E-state index contributed by atoms with van der Waals surface area (Å²) in [6.45, 7) is 8.60. The van der Waals surface area contributed by atoms with Gasteiger partial charge in [0.25, 0.3) is 10.2 Å². The van der Waals surface area contributed by atoms with Gasteiger partial charge in [-0.15, -0.1) is 0 Å². The topological polar surface area (TPSA) is 75.4 Å². The predicted molar refractivity (Wildman–Crippen MR) is 79.0 cm³/mol. The lowest BCUT2D eigenvalue weighted by molar-refractivity contribution is 0.111. The van der Waals surface area contributed by atoms with Gasteiger partial charge in [0, 0.05) is 24.7 Å². The van der Waals surface area contributed by atoms with Gasteiger partial charge in [0.15, 0.2) is 0 Å². The SMILES string of the molecule is CCN(C1(CN)CCCC(C)C1)S(=O)(=O)NC(C)C. The molecule has 0 saturated heterocycles. The van der Waals surface area contributed by atoms with Crippen LogP contribution in [0.1, 0.15) is 53.4 Å². The molecule has 0 aromatic heterocycles. The zero-order chi connectivity index (χ0) is 14.7. The van der Waals surface area contributed by atoms with E-state index in [4.69, 9.17) is 5.73 Å². The van der Waals surface area contributed by atoms with E-state index in [9.17, 15) is 8.42 Å². The zero-order valence-electron chi connectivity index (χ0n) is 12.6. The van der Waals surface area contributed by atoms with Crippen LogP contribution in [0.25, 0.3) is 0 Å². The fraction of sp³-hybridized carbons (Fsp3) is 1.00. The summed E-state index contributed by atoms with van der Waals surface area (Å²) in [6, 6.07) is -0.102. The van der Waals surface area contributed by atoms with Gasteiger partial charge >= 0.3 is 0 Å². The van der Waals surface area contributed by atoms with Crippen molar-refractivity contribution < 1.29 is 8.42 Å². The van der Waals surface area contributed by atoms with Crippen LogP contribution < -0.4 is 10.5 Å². The summed E-state index contributed by atoms with van der Waals surface area (Å²) >= 11 is 0. The van der Waals surface area contributed by atoms with Gasteiger partial charge in [0.1, 0.15) is 0 Å². The average molecular weight is 291 g/mol. The van der Waals surface area contributed by atoms with Crippen LogP contribution in [-0.4, -0.2) is 37.4 Å². The van der Waals surface area contributed by atoms with E-state index in [1.807, 2.05) is 20.8 Å². The third kappa shape index (κ3) is 3.90. The highest BCUT2D eigenvalue weighted by Crippen LogP contribution is 2.37. The molecule has 0 heterocycles. The molecule has 6 heteroatoms. The molecule has 1 aliphatic carbocycles. The second-order valence-electron chi connectivity index (χ2n) is 6.07. The Morgan fingerprint density at radius 1 is 1.47 bits per heavy atom. The summed E-state index contributed by atoms with van der Waals surface area (Å²) in [4.78, 5) is 0. The van der Waals surface area contributed by atoms with Crippen molar-refractivity contribution in [3.05, 3.63) is 0 Å². The molecule has 1 aliphatic rings. The van der Waals surface area contributed by atoms with Gasteiger partial charge in [0.2, 0.25) is 0 Å². The predicted octanol–water partition coefficient (Wildman–Crippen LogP) is 1.46. The summed E-state index contributed by atoms with van der Waals surface area (Å²) in [5.74, 6) is 0.528. The molecule has 2 unspecified atom stereocenters. The van der Waals surface area contributed by atoms with Crippen molar-refractivity contribution in [1.82, 2.24) is 9.03 Å². The minimum Gasteiger partial charge on any atom is -0.329 e. The highest BCUT2D eigenvalue weighted by Gasteiger charge is 2.44. The summed E-state index contributed by atoms with van der Waals surface area (Å²) in [5, 5.41) is 0. The maximum Gasteiger partial charge on any atom is 0.280 e. The molecule has 0 radical (unpaired) electrons. The van der Waals surface area contributed by atoms with Crippen LogP contribution in [0.2, 0.25) is 0 Å². The van der Waals surface area contributed by atoms with Crippen LogP contribution in [0.4, 0.5) is 0 Å². The van der Waals surface area contributed by atoms with Gasteiger partial charge < -0.3 is 5.73 Å². The number of likely N-dealkylation sites (N-methyl/N-ethyl adjacent to an activating group) is 1. The van der Waals surface area contributed by atoms with Gasteiger partial charge in [-0.3, -0.25) is 0 Å². The quantitative estimate of drug-likeness (QED) is 0.778. The van der Waals surface area contributed by atoms with Crippen molar-refractivity contribution in [2.24, 2.45) is 11.7 Å². The molecular weight excluding hydrogens is 262 g/mol. The van der Waals surface area contributed by atoms with Crippen molar-refractivity contribution in [3.63, 3.8) is 0 Å². The largest absolute Gasteiger partial charge is 0.329 e. The van der Waals surface area contributed by atoms with E-state index in [0.29, 0.717) is 19.0 Å². The molecule has 1 saturated carbocycles. The van der Waals surface area contributed by atoms with E-state index < -0.39 is 15.7 Å². The maximum absolute atomic E-state index is 12.5. The maximum atomic E-state index is 12.5. The number of rotatable bonds is 6. The molecule has 0 bridgehead atoms. The summed E-state index contributed by atoms with van der Waals surface area (Å²) in [5.41, 5.74) is 5.56. The summed E-state index contributed by atoms with van der Waals surface area (Å²) < 4.78 is 29.3. The molecule has 0 aliphatic heterocycles. The van der Waals surface area contributed by atoms with Gasteiger partial charge in [-0.25, -0.2) is 0 Å². The van der Waals surface area contributed by atoms with Crippen molar-refractivity contribution >= 4 is 10.2 Å². The van der Waals surface area contributed by atoms with E-state index in [0.717, 1.165) is 25.7 Å². The first kappa shape index (κ1) is 16.9. The van der Waals surface area contributed by atoms with Crippen molar-refractivity contribution in [2.45, 2.75) is 65.0 Å². The Labute approximate surface area is 118 Å². The van der Waals surface area contributed by atoms with E-state index >= 15 is 0 Å². The second-order valence-corrected chi connectivity index (χ2v) is 7.70. The highest BCUT2D eigenvalue weighted by molar-refractivity contribution is 7.87. The number of hydrogen-bond acceptors (Lipinski definition) is 3. The molecular formula is C13H29N3O2S. The van der Waals surface area contributed by atoms with E-state index in [2.05, 4.69) is 11.6 Å². The smallest absolute Gasteiger partial charge is 0.280 e. The fourth-order valence-corrected chi connectivity index (χ4v) is 5.08. The van der Waals surface area contributed by atoms with Crippen LogP contribution in [-0.2, 0) is 10.2 Å². The Morgan fingerprint density at radius 3 is 2.53 bits per heavy atom. The molecule has 0 spiro atoms. The standard InChI is InChI=1S/C13H29N3O2S/c1-5-16(19(17,18)15-11(2)3)13(10-14)8-6-7-12(4)9-13/h11-12,15H,5-10,14H2,1-4H3. The minimum absolute atomic E-state index is 0.102. The first-order valence-corrected chi connectivity index (χ1v) is 8.71. The number of nitrogens with zero attached hydrogens (tertiary/aromatic N) is 1. The first-order valence-electron chi connectivity index (χ1n) is 7.27. The van der Waals surface area contributed by atoms with Crippen LogP contribution in [0.15, 0.2) is 0 Å². The lowest BCUT2D eigenvalue weighted by Crippen LogP contribution is -2.61. The second kappa shape index (κ2) is 6.52. The zero-order valence-corrected chi connectivity index (χ0v) is 13.5. The van der Waals surface area contributed by atoms with E-state index in [1.165, 1.54) is 0 Å². The van der Waals surface area contributed by atoms with Gasteiger partial charge in [-0.2, -0.15) is 17.4 Å². The monoisotopic (exact) mass is 291 g/mol. The lowest BCUT2D eigenvalue weighted by Gasteiger charge is -2.46. The van der Waals surface area contributed by atoms with Crippen molar-refractivity contribution in [1.29, 1.82) is 0 Å². The first-order chi connectivity index (χ1) is 8.77. The Kier molecular flexibility index (Phi) is 5.79. The van der Waals surface area contributed by atoms with Gasteiger partial charge in [-0.05, 0) is 32.6 Å². The van der Waals surface area contributed by atoms with E-state index in [-0.39, 0.29) is 6.04 Å². The average Bonchev–Trinajstić information content (AvgIpc) is 2.27. The molecule has 0 aromatic rings. The van der Waals surface area contributed by atoms with Gasteiger partial charge in [-0.1, -0.05) is 26.7 Å². The molecule has 0 aromatic carbocycles. The fourth-order valence-electron chi connectivity index (χ4n) is 3.27. The van der Waals surface area contributed by atoms with Crippen LogP contribution in [0, 0.1) is 5.92 Å². The van der Waals surface area contributed by atoms with Gasteiger partial charge in [0.05, 0.1) is 0 Å². The highest BCUT2D eigenvalue weighted by atomic mass is 32.2. The van der Waals surface area contributed by atoms with E-state index in [1.54, 1.807) is 4.31 Å². The van der Waals surface area contributed by atoms with Crippen molar-refractivity contribution in [2.75, 3.05) is 13.1 Å². The van der Waals surface area contributed by atoms with Crippen LogP contribution in [0.3, 0.4) is 0 Å². The third-order valence-electron chi connectivity index (χ3n) is 3.94. The molecule has 3 N–H and O–H groups in total.